The van der Waals surface area contributed by atoms with Gasteiger partial charge in [0.15, 0.2) is 0 Å². The van der Waals surface area contributed by atoms with E-state index < -0.39 is 0 Å². The van der Waals surface area contributed by atoms with E-state index in [0.717, 1.165) is 41.7 Å². The molecule has 0 aliphatic carbocycles. The van der Waals surface area contributed by atoms with Crippen molar-refractivity contribution in [2.45, 2.75) is 38.8 Å². The second-order valence-corrected chi connectivity index (χ2v) is 5.93. The van der Waals surface area contributed by atoms with Crippen molar-refractivity contribution in [3.05, 3.63) is 35.6 Å². The first-order valence-electron chi connectivity index (χ1n) is 8.17. The fourth-order valence-corrected chi connectivity index (χ4v) is 2.85. The smallest absolute Gasteiger partial charge is 0.246 e. The van der Waals surface area contributed by atoms with E-state index in [1.165, 1.54) is 6.42 Å². The zero-order valence-corrected chi connectivity index (χ0v) is 13.5. The number of nitrogens with one attached hydrogen (secondary N) is 1. The van der Waals surface area contributed by atoms with Crippen molar-refractivity contribution in [2.75, 3.05) is 19.8 Å². The lowest BCUT2D eigenvalue weighted by Gasteiger charge is -2.22. The van der Waals surface area contributed by atoms with Crippen molar-refractivity contribution in [1.29, 1.82) is 0 Å². The Kier molecular flexibility index (Phi) is 5.31. The minimum atomic E-state index is -0.138. The number of para-hydroxylation sites is 1. The molecule has 0 unspecified atom stereocenters. The van der Waals surface area contributed by atoms with Crippen LogP contribution in [0.3, 0.4) is 0 Å². The number of furan rings is 1. The third-order valence-electron chi connectivity index (χ3n) is 4.20. The molecule has 2 heterocycles. The molecule has 124 valence electrons. The molecular formula is C18H23NO4. The summed E-state index contributed by atoms with van der Waals surface area (Å²) < 4.78 is 16.8. The van der Waals surface area contributed by atoms with Gasteiger partial charge in [0.05, 0.1) is 19.3 Å². The molecule has 1 aliphatic heterocycles. The van der Waals surface area contributed by atoms with Gasteiger partial charge in [0.2, 0.25) is 5.91 Å². The average Bonchev–Trinajstić information content (AvgIpc) is 2.90. The summed E-state index contributed by atoms with van der Waals surface area (Å²) in [7, 11) is 0. The Hall–Kier alpha value is -1.85. The van der Waals surface area contributed by atoms with Gasteiger partial charge in [-0.15, -0.1) is 0 Å². The summed E-state index contributed by atoms with van der Waals surface area (Å²) in [5.41, 5.74) is 1.91. The molecule has 1 aromatic carbocycles. The third kappa shape index (κ3) is 4.12. The normalized spacial score (nSPS) is 18.2. The minimum absolute atomic E-state index is 0.0547. The number of benzene rings is 1. The van der Waals surface area contributed by atoms with Crippen molar-refractivity contribution >= 4 is 16.9 Å². The summed E-state index contributed by atoms with van der Waals surface area (Å²) in [5.74, 6) is 0.649. The summed E-state index contributed by atoms with van der Waals surface area (Å²) in [4.78, 5) is 11.9. The molecule has 1 saturated heterocycles. The monoisotopic (exact) mass is 317 g/mol. The van der Waals surface area contributed by atoms with Gasteiger partial charge in [0, 0.05) is 17.6 Å². The fraction of sp³-hybridized carbons (Fsp3) is 0.500. The van der Waals surface area contributed by atoms with Crippen LogP contribution in [0.25, 0.3) is 11.0 Å². The zero-order chi connectivity index (χ0) is 16.1. The summed E-state index contributed by atoms with van der Waals surface area (Å²) in [6.45, 7) is 3.72. The zero-order valence-electron chi connectivity index (χ0n) is 13.5. The first-order valence-corrected chi connectivity index (χ1v) is 8.17. The number of carbonyl (C=O) groups excluding carboxylic acids is 1. The standard InChI is InChI=1S/C18H23NO4/c1-13-15-7-2-3-8-16(15)23-17(13)10-19-18(20)12-21-11-14-6-4-5-9-22-14/h2-3,7-8,14H,4-6,9-12H2,1H3,(H,19,20)/t14-/m0/s1. The van der Waals surface area contributed by atoms with Crippen LogP contribution < -0.4 is 5.32 Å². The highest BCUT2D eigenvalue weighted by atomic mass is 16.5. The van der Waals surface area contributed by atoms with Crippen LogP contribution in [0.15, 0.2) is 28.7 Å². The highest BCUT2D eigenvalue weighted by molar-refractivity contribution is 5.82. The number of carbonyl (C=O) groups is 1. The molecule has 1 amide bonds. The number of amides is 1. The molecule has 0 bridgehead atoms. The van der Waals surface area contributed by atoms with Crippen LogP contribution >= 0.6 is 0 Å². The Morgan fingerprint density at radius 3 is 3.00 bits per heavy atom. The minimum Gasteiger partial charge on any atom is -0.459 e. The van der Waals surface area contributed by atoms with Gasteiger partial charge in [-0.1, -0.05) is 18.2 Å². The van der Waals surface area contributed by atoms with Crippen LogP contribution in [0.5, 0.6) is 0 Å². The second-order valence-electron chi connectivity index (χ2n) is 5.93. The molecule has 1 aromatic heterocycles. The van der Waals surface area contributed by atoms with Crippen LogP contribution in [0.4, 0.5) is 0 Å². The molecule has 5 nitrogen and oxygen atoms in total. The molecule has 1 fully saturated rings. The van der Waals surface area contributed by atoms with Crippen LogP contribution in [0.2, 0.25) is 0 Å². The van der Waals surface area contributed by atoms with Crippen molar-refractivity contribution in [3.63, 3.8) is 0 Å². The largest absolute Gasteiger partial charge is 0.459 e. The molecule has 0 spiro atoms. The van der Waals surface area contributed by atoms with E-state index in [2.05, 4.69) is 5.32 Å². The lowest BCUT2D eigenvalue weighted by atomic mass is 10.1. The van der Waals surface area contributed by atoms with Gasteiger partial charge in [-0.3, -0.25) is 4.79 Å². The Labute approximate surface area is 135 Å². The van der Waals surface area contributed by atoms with Gasteiger partial charge in [-0.25, -0.2) is 0 Å². The molecular weight excluding hydrogens is 294 g/mol. The predicted octanol–water partition coefficient (Wildman–Crippen LogP) is 2.94. The van der Waals surface area contributed by atoms with Crippen molar-refractivity contribution in [1.82, 2.24) is 5.32 Å². The van der Waals surface area contributed by atoms with Gasteiger partial charge in [-0.05, 0) is 32.3 Å². The highest BCUT2D eigenvalue weighted by Crippen LogP contribution is 2.24. The van der Waals surface area contributed by atoms with Crippen molar-refractivity contribution < 1.29 is 18.7 Å². The van der Waals surface area contributed by atoms with Crippen molar-refractivity contribution in [2.24, 2.45) is 0 Å². The second kappa shape index (κ2) is 7.62. The lowest BCUT2D eigenvalue weighted by molar-refractivity contribution is -0.128. The van der Waals surface area contributed by atoms with E-state index >= 15 is 0 Å². The Morgan fingerprint density at radius 1 is 1.35 bits per heavy atom. The van der Waals surface area contributed by atoms with E-state index in [1.807, 2.05) is 31.2 Å². The molecule has 1 aliphatic rings. The predicted molar refractivity (Wildman–Crippen MR) is 87.2 cm³/mol. The SMILES string of the molecule is Cc1c(CNC(=O)COC[C@@H]2CCCCO2)oc2ccccc12. The van der Waals surface area contributed by atoms with Gasteiger partial charge < -0.3 is 19.2 Å². The van der Waals surface area contributed by atoms with Gasteiger partial charge in [0.25, 0.3) is 0 Å². The Bertz CT molecular complexity index is 658. The fourth-order valence-electron chi connectivity index (χ4n) is 2.85. The molecule has 23 heavy (non-hydrogen) atoms. The summed E-state index contributed by atoms with van der Waals surface area (Å²) in [6.07, 6.45) is 3.44. The molecule has 2 aromatic rings. The number of aryl methyl sites for hydroxylation is 1. The summed E-state index contributed by atoms with van der Waals surface area (Å²) in [5, 5.41) is 3.93. The van der Waals surface area contributed by atoms with E-state index in [-0.39, 0.29) is 18.6 Å². The van der Waals surface area contributed by atoms with Crippen molar-refractivity contribution in [3.8, 4) is 0 Å². The maximum atomic E-state index is 11.9. The van der Waals surface area contributed by atoms with Crippen LogP contribution in [-0.4, -0.2) is 31.8 Å². The lowest BCUT2D eigenvalue weighted by Crippen LogP contribution is -2.30. The Balaban J connectivity index is 1.43. The first-order chi connectivity index (χ1) is 11.2. The maximum Gasteiger partial charge on any atom is 0.246 e. The van der Waals surface area contributed by atoms with Gasteiger partial charge in [0.1, 0.15) is 18.0 Å². The summed E-state index contributed by atoms with van der Waals surface area (Å²) in [6, 6.07) is 7.87. The molecule has 0 radical (unpaired) electrons. The van der Waals surface area contributed by atoms with Crippen LogP contribution in [0, 0.1) is 6.92 Å². The van der Waals surface area contributed by atoms with Crippen LogP contribution in [0.1, 0.15) is 30.6 Å². The van der Waals surface area contributed by atoms with Gasteiger partial charge in [-0.2, -0.15) is 0 Å². The molecule has 1 N–H and O–H groups in total. The van der Waals surface area contributed by atoms with Crippen LogP contribution in [-0.2, 0) is 20.8 Å². The number of rotatable bonds is 6. The van der Waals surface area contributed by atoms with E-state index in [9.17, 15) is 4.79 Å². The number of fused-ring (bicyclic) bond motifs is 1. The molecule has 3 rings (SSSR count). The number of hydrogen-bond acceptors (Lipinski definition) is 4. The quantitative estimate of drug-likeness (QED) is 0.890. The summed E-state index contributed by atoms with van der Waals surface area (Å²) >= 11 is 0. The van der Waals surface area contributed by atoms with Gasteiger partial charge >= 0.3 is 0 Å². The average molecular weight is 317 g/mol. The highest BCUT2D eigenvalue weighted by Gasteiger charge is 2.15. The van der Waals surface area contributed by atoms with E-state index in [1.54, 1.807) is 0 Å². The number of hydrogen-bond donors (Lipinski definition) is 1. The van der Waals surface area contributed by atoms with E-state index in [4.69, 9.17) is 13.9 Å². The molecule has 5 heteroatoms. The molecule has 0 saturated carbocycles. The third-order valence-corrected chi connectivity index (χ3v) is 4.20. The maximum absolute atomic E-state index is 11.9. The van der Waals surface area contributed by atoms with E-state index in [0.29, 0.717) is 13.2 Å². The topological polar surface area (TPSA) is 60.7 Å². The number of ether oxygens (including phenoxy) is 2. The molecule has 1 atom stereocenters. The first kappa shape index (κ1) is 16.0. The Morgan fingerprint density at radius 2 is 2.22 bits per heavy atom.